The molecule has 6 heteroatoms. The smallest absolute Gasteiger partial charge is 0.236 e. The number of likely N-dealkylation sites (N-methyl/N-ethyl adjacent to an activating group) is 1. The van der Waals surface area contributed by atoms with Gasteiger partial charge in [0.1, 0.15) is 12.4 Å². The molecule has 0 atom stereocenters. The topological polar surface area (TPSA) is 55.6 Å². The van der Waals surface area contributed by atoms with Crippen LogP contribution in [0.5, 0.6) is 5.75 Å². The summed E-state index contributed by atoms with van der Waals surface area (Å²) in [6.07, 6.45) is 0. The largest absolute Gasteiger partial charge is 0.492 e. The maximum absolute atomic E-state index is 11.1. The molecule has 0 heterocycles. The van der Waals surface area contributed by atoms with Crippen LogP contribution in [-0.4, -0.2) is 37.6 Å². The lowest BCUT2D eigenvalue weighted by atomic mass is 10.3. The summed E-state index contributed by atoms with van der Waals surface area (Å²) < 4.78 is 5.43. The number of carbonyl (C=O) groups excluding carboxylic acids is 1. The molecule has 0 fully saturated rings. The van der Waals surface area contributed by atoms with E-state index in [-0.39, 0.29) is 24.9 Å². The third kappa shape index (κ3) is 5.77. The van der Waals surface area contributed by atoms with Crippen molar-refractivity contribution >= 4 is 29.9 Å². The van der Waals surface area contributed by atoms with Crippen molar-refractivity contribution in [2.75, 3.05) is 26.7 Å². The second kappa shape index (κ2) is 8.17. The van der Waals surface area contributed by atoms with Crippen LogP contribution in [0.4, 0.5) is 0 Å². The van der Waals surface area contributed by atoms with Gasteiger partial charge >= 0.3 is 0 Å². The summed E-state index contributed by atoms with van der Waals surface area (Å²) in [4.78, 5) is 12.7. The highest BCUT2D eigenvalue weighted by molar-refractivity contribution is 6.30. The zero-order chi connectivity index (χ0) is 12.0. The Hall–Kier alpha value is -0.970. The molecule has 0 saturated heterocycles. The number of carbonyl (C=O) groups is 1. The second-order valence-corrected chi connectivity index (χ2v) is 3.76. The van der Waals surface area contributed by atoms with Crippen LogP contribution in [0.15, 0.2) is 24.3 Å². The molecule has 96 valence electrons. The van der Waals surface area contributed by atoms with E-state index in [0.29, 0.717) is 18.2 Å². The van der Waals surface area contributed by atoms with Crippen molar-refractivity contribution in [3.8, 4) is 5.75 Å². The molecule has 4 nitrogen and oxygen atoms in total. The summed E-state index contributed by atoms with van der Waals surface area (Å²) in [5.74, 6) is 0.637. The first kappa shape index (κ1) is 16.0. The molecular weight excluding hydrogens is 263 g/mol. The SMILES string of the molecule is CN(CCOc1ccc(Cl)cc1)C(=O)CN.Cl. The van der Waals surface area contributed by atoms with Crippen LogP contribution in [-0.2, 0) is 4.79 Å². The molecule has 2 N–H and O–H groups in total. The summed E-state index contributed by atoms with van der Waals surface area (Å²) in [6, 6.07) is 7.08. The van der Waals surface area contributed by atoms with Gasteiger partial charge in [-0.1, -0.05) is 11.6 Å². The first-order valence-electron chi connectivity index (χ1n) is 4.96. The molecule has 1 rings (SSSR count). The second-order valence-electron chi connectivity index (χ2n) is 3.32. The zero-order valence-electron chi connectivity index (χ0n) is 9.56. The number of hydrogen-bond donors (Lipinski definition) is 1. The van der Waals surface area contributed by atoms with E-state index in [9.17, 15) is 4.79 Å². The van der Waals surface area contributed by atoms with Crippen LogP contribution in [0.2, 0.25) is 5.02 Å². The molecule has 0 saturated carbocycles. The third-order valence-corrected chi connectivity index (χ3v) is 2.36. The van der Waals surface area contributed by atoms with E-state index in [4.69, 9.17) is 22.1 Å². The van der Waals surface area contributed by atoms with Gasteiger partial charge in [0.25, 0.3) is 0 Å². The van der Waals surface area contributed by atoms with Crippen molar-refractivity contribution in [2.24, 2.45) is 5.73 Å². The summed E-state index contributed by atoms with van der Waals surface area (Å²) in [5.41, 5.74) is 5.23. The number of halogens is 2. The molecule has 0 aliphatic rings. The Morgan fingerprint density at radius 1 is 1.41 bits per heavy atom. The number of ether oxygens (including phenoxy) is 1. The van der Waals surface area contributed by atoms with Crippen LogP contribution in [0, 0.1) is 0 Å². The van der Waals surface area contributed by atoms with Gasteiger partial charge in [-0.3, -0.25) is 4.79 Å². The maximum Gasteiger partial charge on any atom is 0.236 e. The predicted octanol–water partition coefficient (Wildman–Crippen LogP) is 1.56. The van der Waals surface area contributed by atoms with E-state index in [0.717, 1.165) is 5.75 Å². The number of amides is 1. The van der Waals surface area contributed by atoms with Gasteiger partial charge in [0.2, 0.25) is 5.91 Å². The maximum atomic E-state index is 11.1. The van der Waals surface area contributed by atoms with E-state index in [1.165, 1.54) is 4.90 Å². The van der Waals surface area contributed by atoms with E-state index in [1.54, 1.807) is 31.3 Å². The lowest BCUT2D eigenvalue weighted by molar-refractivity contribution is -0.128. The van der Waals surface area contributed by atoms with Crippen LogP contribution >= 0.6 is 24.0 Å². The number of benzene rings is 1. The van der Waals surface area contributed by atoms with E-state index in [1.807, 2.05) is 0 Å². The normalized spacial score (nSPS) is 9.35. The summed E-state index contributed by atoms with van der Waals surface area (Å²) in [5, 5.41) is 0.669. The van der Waals surface area contributed by atoms with E-state index in [2.05, 4.69) is 0 Å². The summed E-state index contributed by atoms with van der Waals surface area (Å²) in [7, 11) is 1.69. The summed E-state index contributed by atoms with van der Waals surface area (Å²) >= 11 is 5.73. The molecule has 1 aromatic rings. The number of rotatable bonds is 5. The molecule has 0 radical (unpaired) electrons. The third-order valence-electron chi connectivity index (χ3n) is 2.11. The Labute approximate surface area is 112 Å². The molecule has 0 aliphatic carbocycles. The minimum Gasteiger partial charge on any atom is -0.492 e. The van der Waals surface area contributed by atoms with Crippen LogP contribution in [0.25, 0.3) is 0 Å². The average molecular weight is 279 g/mol. The first-order valence-corrected chi connectivity index (χ1v) is 5.33. The highest BCUT2D eigenvalue weighted by Gasteiger charge is 2.05. The first-order chi connectivity index (χ1) is 7.63. The van der Waals surface area contributed by atoms with Gasteiger partial charge in [-0.15, -0.1) is 12.4 Å². The zero-order valence-corrected chi connectivity index (χ0v) is 11.1. The molecule has 0 bridgehead atoms. The fourth-order valence-electron chi connectivity index (χ4n) is 1.11. The van der Waals surface area contributed by atoms with Crippen molar-refractivity contribution in [1.82, 2.24) is 4.90 Å². The molecule has 0 spiro atoms. The highest BCUT2D eigenvalue weighted by Crippen LogP contribution is 2.15. The minimum atomic E-state index is -0.0975. The van der Waals surface area contributed by atoms with Crippen LogP contribution in [0.1, 0.15) is 0 Å². The van der Waals surface area contributed by atoms with Crippen LogP contribution in [0.3, 0.4) is 0 Å². The Kier molecular flexibility index (Phi) is 7.70. The Bertz CT molecular complexity index is 344. The molecule has 17 heavy (non-hydrogen) atoms. The lowest BCUT2D eigenvalue weighted by Crippen LogP contribution is -2.35. The minimum absolute atomic E-state index is 0. The van der Waals surface area contributed by atoms with Gasteiger partial charge in [0.05, 0.1) is 13.1 Å². The van der Waals surface area contributed by atoms with E-state index < -0.39 is 0 Å². The molecule has 0 unspecified atom stereocenters. The van der Waals surface area contributed by atoms with Crippen LogP contribution < -0.4 is 10.5 Å². The van der Waals surface area contributed by atoms with Crippen molar-refractivity contribution in [3.63, 3.8) is 0 Å². The van der Waals surface area contributed by atoms with Crippen molar-refractivity contribution < 1.29 is 9.53 Å². The van der Waals surface area contributed by atoms with Gasteiger partial charge in [-0.05, 0) is 24.3 Å². The van der Waals surface area contributed by atoms with Gasteiger partial charge < -0.3 is 15.4 Å². The molecular formula is C11H16Cl2N2O2. The Morgan fingerprint density at radius 2 is 2.00 bits per heavy atom. The Morgan fingerprint density at radius 3 is 2.53 bits per heavy atom. The van der Waals surface area contributed by atoms with Gasteiger partial charge in [-0.2, -0.15) is 0 Å². The standard InChI is InChI=1S/C11H15ClN2O2.ClH/c1-14(11(15)8-13)6-7-16-10-4-2-9(12)3-5-10;/h2-5H,6-8,13H2,1H3;1H. The van der Waals surface area contributed by atoms with Crippen molar-refractivity contribution in [1.29, 1.82) is 0 Å². The fourth-order valence-corrected chi connectivity index (χ4v) is 1.24. The van der Waals surface area contributed by atoms with E-state index >= 15 is 0 Å². The molecule has 1 aromatic carbocycles. The number of nitrogens with zero attached hydrogens (tertiary/aromatic N) is 1. The summed E-state index contributed by atoms with van der Waals surface area (Å²) in [6.45, 7) is 0.972. The average Bonchev–Trinajstić information content (AvgIpc) is 2.30. The molecule has 1 amide bonds. The van der Waals surface area contributed by atoms with Gasteiger partial charge in [0.15, 0.2) is 0 Å². The van der Waals surface area contributed by atoms with Gasteiger partial charge in [0, 0.05) is 12.1 Å². The van der Waals surface area contributed by atoms with Crippen molar-refractivity contribution in [2.45, 2.75) is 0 Å². The van der Waals surface area contributed by atoms with Gasteiger partial charge in [-0.25, -0.2) is 0 Å². The monoisotopic (exact) mass is 278 g/mol. The number of hydrogen-bond acceptors (Lipinski definition) is 3. The van der Waals surface area contributed by atoms with Crippen molar-refractivity contribution in [3.05, 3.63) is 29.3 Å². The number of nitrogens with two attached hydrogens (primary N) is 1. The fraction of sp³-hybridized carbons (Fsp3) is 0.364. The Balaban J connectivity index is 0.00000256. The quantitative estimate of drug-likeness (QED) is 0.889. The molecule has 0 aromatic heterocycles. The molecule has 0 aliphatic heterocycles. The highest BCUT2D eigenvalue weighted by atomic mass is 35.5. The lowest BCUT2D eigenvalue weighted by Gasteiger charge is -2.16. The predicted molar refractivity (Wildman–Crippen MR) is 70.9 cm³/mol.